The Morgan fingerprint density at radius 1 is 1.37 bits per heavy atom. The maximum Gasteiger partial charge on any atom is 0.244 e. The first-order valence-electron chi connectivity index (χ1n) is 8.36. The lowest BCUT2D eigenvalue weighted by Gasteiger charge is -2.13. The number of aryl methyl sites for hydroxylation is 1. The van der Waals surface area contributed by atoms with E-state index in [0.717, 1.165) is 26.8 Å². The predicted molar refractivity (Wildman–Crippen MR) is 105 cm³/mol. The van der Waals surface area contributed by atoms with Crippen LogP contribution in [0.25, 0.3) is 0 Å². The van der Waals surface area contributed by atoms with Gasteiger partial charge in [-0.2, -0.15) is 5.10 Å². The summed E-state index contributed by atoms with van der Waals surface area (Å²) in [6.07, 6.45) is 1.84. The first kappa shape index (κ1) is 21.6. The molecule has 1 aromatic carbocycles. The van der Waals surface area contributed by atoms with E-state index in [4.69, 9.17) is 17.3 Å². The summed E-state index contributed by atoms with van der Waals surface area (Å²) in [5.41, 5.74) is 8.76. The van der Waals surface area contributed by atoms with Crippen LogP contribution in [0.15, 0.2) is 35.0 Å². The van der Waals surface area contributed by atoms with E-state index in [1.165, 1.54) is 26.2 Å². The average molecular weight is 415 g/mol. The number of allylic oxidation sites excluding steroid dienone is 1. The Balaban J connectivity index is 2.32. The molecular formula is C18H24ClFN4O2S. The van der Waals surface area contributed by atoms with Crippen molar-refractivity contribution in [3.05, 3.63) is 57.6 Å². The van der Waals surface area contributed by atoms with E-state index in [0.29, 0.717) is 6.42 Å². The molecule has 1 aromatic heterocycles. The van der Waals surface area contributed by atoms with Crippen molar-refractivity contribution < 1.29 is 12.8 Å². The van der Waals surface area contributed by atoms with Crippen LogP contribution in [0.3, 0.4) is 0 Å². The highest BCUT2D eigenvalue weighted by molar-refractivity contribution is 7.89. The fourth-order valence-corrected chi connectivity index (χ4v) is 4.18. The zero-order valence-electron chi connectivity index (χ0n) is 15.8. The lowest BCUT2D eigenvalue weighted by Crippen LogP contribution is -2.22. The van der Waals surface area contributed by atoms with Gasteiger partial charge in [0.25, 0.3) is 0 Å². The summed E-state index contributed by atoms with van der Waals surface area (Å²) >= 11 is 6.22. The molecule has 0 amide bonds. The molecule has 0 atom stereocenters. The number of hydrogen-bond acceptors (Lipinski definition) is 4. The van der Waals surface area contributed by atoms with Gasteiger partial charge in [-0.1, -0.05) is 17.7 Å². The van der Waals surface area contributed by atoms with Crippen LogP contribution >= 0.6 is 11.6 Å². The van der Waals surface area contributed by atoms with Gasteiger partial charge in [-0.05, 0) is 37.6 Å². The standard InChI is InChI=1S/C18H24ClFN4O2S/c1-12-16(13(2)24(22-12)11-15(20)7-8-21)9-14-5-6-18(17(19)10-14)27(25,26)23(3)4/h5-7,10H,8-9,11,21H2,1-4H3. The number of halogens is 2. The Morgan fingerprint density at radius 2 is 2.04 bits per heavy atom. The zero-order valence-corrected chi connectivity index (χ0v) is 17.4. The molecule has 0 aliphatic rings. The molecule has 0 spiro atoms. The number of sulfonamides is 1. The van der Waals surface area contributed by atoms with Crippen molar-refractivity contribution in [3.8, 4) is 0 Å². The predicted octanol–water partition coefficient (Wildman–Crippen LogP) is 2.81. The molecule has 0 radical (unpaired) electrons. The van der Waals surface area contributed by atoms with Crippen LogP contribution in [0.4, 0.5) is 4.39 Å². The first-order chi connectivity index (χ1) is 12.6. The minimum absolute atomic E-state index is 0.0324. The fourth-order valence-electron chi connectivity index (χ4n) is 2.74. The molecule has 2 rings (SSSR count). The van der Waals surface area contributed by atoms with Gasteiger partial charge in [0, 0.05) is 38.3 Å². The molecule has 1 heterocycles. The lowest BCUT2D eigenvalue weighted by atomic mass is 10.0. The van der Waals surface area contributed by atoms with Gasteiger partial charge in [-0.3, -0.25) is 4.68 Å². The molecule has 0 unspecified atom stereocenters. The number of rotatable bonds is 7. The van der Waals surface area contributed by atoms with Crippen LogP contribution in [0, 0.1) is 13.8 Å². The van der Waals surface area contributed by atoms with E-state index >= 15 is 0 Å². The van der Waals surface area contributed by atoms with Crippen LogP contribution in [0.5, 0.6) is 0 Å². The van der Waals surface area contributed by atoms with Crippen molar-refractivity contribution in [2.75, 3.05) is 20.6 Å². The second-order valence-corrected chi connectivity index (χ2v) is 8.95. The zero-order chi connectivity index (χ0) is 20.4. The minimum atomic E-state index is -3.60. The van der Waals surface area contributed by atoms with Crippen molar-refractivity contribution in [1.29, 1.82) is 0 Å². The van der Waals surface area contributed by atoms with Crippen molar-refractivity contribution in [2.24, 2.45) is 5.73 Å². The summed E-state index contributed by atoms with van der Waals surface area (Å²) in [4.78, 5) is 0.0658. The summed E-state index contributed by atoms with van der Waals surface area (Å²) in [5.74, 6) is -0.337. The number of benzene rings is 1. The third kappa shape index (κ3) is 4.76. The Kier molecular flexibility index (Phi) is 6.80. The quantitative estimate of drug-likeness (QED) is 0.755. The van der Waals surface area contributed by atoms with Crippen LogP contribution in [0.2, 0.25) is 5.02 Å². The van der Waals surface area contributed by atoms with Crippen molar-refractivity contribution in [3.63, 3.8) is 0 Å². The van der Waals surface area contributed by atoms with Gasteiger partial charge in [-0.25, -0.2) is 17.1 Å². The highest BCUT2D eigenvalue weighted by atomic mass is 35.5. The van der Waals surface area contributed by atoms with Crippen LogP contribution in [0.1, 0.15) is 22.5 Å². The Hall–Kier alpha value is -1.74. The molecule has 0 bridgehead atoms. The molecule has 0 aliphatic heterocycles. The number of nitrogens with two attached hydrogens (primary N) is 1. The topological polar surface area (TPSA) is 81.2 Å². The van der Waals surface area contributed by atoms with Gasteiger partial charge in [0.15, 0.2) is 0 Å². The maximum absolute atomic E-state index is 13.8. The monoisotopic (exact) mass is 414 g/mol. The van der Waals surface area contributed by atoms with Crippen LogP contribution < -0.4 is 5.73 Å². The van der Waals surface area contributed by atoms with Crippen LogP contribution in [-0.4, -0.2) is 43.1 Å². The molecule has 0 fully saturated rings. The molecule has 0 saturated carbocycles. The Labute approximate surface area is 164 Å². The van der Waals surface area contributed by atoms with Gasteiger partial charge < -0.3 is 5.73 Å². The number of aromatic nitrogens is 2. The SMILES string of the molecule is Cc1nn(CC(F)=CCN)c(C)c1Cc1ccc(S(=O)(=O)N(C)C)c(Cl)c1. The molecule has 27 heavy (non-hydrogen) atoms. The molecule has 9 heteroatoms. The number of hydrogen-bond donors (Lipinski definition) is 1. The van der Waals surface area contributed by atoms with Crippen molar-refractivity contribution >= 4 is 21.6 Å². The van der Waals surface area contributed by atoms with Gasteiger partial charge in [-0.15, -0.1) is 0 Å². The van der Waals surface area contributed by atoms with E-state index in [9.17, 15) is 12.8 Å². The average Bonchev–Trinajstić information content (AvgIpc) is 2.82. The summed E-state index contributed by atoms with van der Waals surface area (Å²) in [5, 5.41) is 4.56. The maximum atomic E-state index is 13.8. The normalized spacial score (nSPS) is 12.8. The van der Waals surface area contributed by atoms with E-state index in [-0.39, 0.29) is 28.8 Å². The summed E-state index contributed by atoms with van der Waals surface area (Å²) in [7, 11) is -0.687. The van der Waals surface area contributed by atoms with Gasteiger partial charge in [0.2, 0.25) is 10.0 Å². The van der Waals surface area contributed by atoms with Gasteiger partial charge in [0.1, 0.15) is 10.7 Å². The molecule has 148 valence electrons. The van der Waals surface area contributed by atoms with E-state index in [2.05, 4.69) is 5.10 Å². The van der Waals surface area contributed by atoms with Gasteiger partial charge in [0.05, 0.1) is 17.3 Å². The van der Waals surface area contributed by atoms with Gasteiger partial charge >= 0.3 is 0 Å². The largest absolute Gasteiger partial charge is 0.327 e. The molecule has 2 N–H and O–H groups in total. The summed E-state index contributed by atoms with van der Waals surface area (Å²) in [6.45, 7) is 3.90. The third-order valence-electron chi connectivity index (χ3n) is 4.31. The molecule has 0 saturated heterocycles. The molecule has 6 nitrogen and oxygen atoms in total. The van der Waals surface area contributed by atoms with E-state index < -0.39 is 10.0 Å². The summed E-state index contributed by atoms with van der Waals surface area (Å²) in [6, 6.07) is 4.88. The van der Waals surface area contributed by atoms with Crippen LogP contribution in [-0.2, 0) is 23.0 Å². The highest BCUT2D eigenvalue weighted by Crippen LogP contribution is 2.27. The van der Waals surface area contributed by atoms with E-state index in [1.54, 1.807) is 16.8 Å². The van der Waals surface area contributed by atoms with E-state index in [1.807, 2.05) is 13.8 Å². The Morgan fingerprint density at radius 3 is 2.59 bits per heavy atom. The second kappa shape index (κ2) is 8.52. The number of nitrogens with zero attached hydrogens (tertiary/aromatic N) is 3. The minimum Gasteiger partial charge on any atom is -0.327 e. The first-order valence-corrected chi connectivity index (χ1v) is 10.2. The van der Waals surface area contributed by atoms with Crippen molar-refractivity contribution in [2.45, 2.75) is 31.7 Å². The third-order valence-corrected chi connectivity index (χ3v) is 6.61. The highest BCUT2D eigenvalue weighted by Gasteiger charge is 2.21. The fraction of sp³-hybridized carbons (Fsp3) is 0.389. The lowest BCUT2D eigenvalue weighted by molar-refractivity contribution is 0.517. The van der Waals surface area contributed by atoms with Crippen molar-refractivity contribution in [1.82, 2.24) is 14.1 Å². The smallest absolute Gasteiger partial charge is 0.244 e. The second-order valence-electron chi connectivity index (χ2n) is 6.42. The molecule has 2 aromatic rings. The molecule has 0 aliphatic carbocycles. The summed E-state index contributed by atoms with van der Waals surface area (Å²) < 4.78 is 41.0. The Bertz CT molecular complexity index is 968. The molecular weight excluding hydrogens is 391 g/mol.